The number of amides is 1. The van der Waals surface area contributed by atoms with Gasteiger partial charge in [-0.05, 0) is 25.1 Å². The van der Waals surface area contributed by atoms with Crippen molar-refractivity contribution in [3.8, 4) is 0 Å². The smallest absolute Gasteiger partial charge is 0.237 e. The highest BCUT2D eigenvalue weighted by Gasteiger charge is 2.18. The number of aromatic nitrogens is 3. The minimum absolute atomic E-state index is 0.0793. The SMILES string of the molecule is COCCn1cnnc1SC(C)C(=O)Nc1cccc(Br)c1. The molecule has 1 unspecified atom stereocenters. The second-order valence-electron chi connectivity index (χ2n) is 4.56. The van der Waals surface area contributed by atoms with Crippen LogP contribution in [0, 0.1) is 0 Å². The maximum Gasteiger partial charge on any atom is 0.237 e. The van der Waals surface area contributed by atoms with E-state index in [1.807, 2.05) is 35.8 Å². The van der Waals surface area contributed by atoms with Crippen molar-refractivity contribution >= 4 is 39.3 Å². The fraction of sp³-hybridized carbons (Fsp3) is 0.357. The van der Waals surface area contributed by atoms with Crippen molar-refractivity contribution < 1.29 is 9.53 Å². The fourth-order valence-electron chi connectivity index (χ4n) is 1.70. The third-order valence-corrected chi connectivity index (χ3v) is 4.45. The van der Waals surface area contributed by atoms with Crippen LogP contribution in [0.4, 0.5) is 5.69 Å². The molecule has 2 aromatic rings. The highest BCUT2D eigenvalue weighted by atomic mass is 79.9. The van der Waals surface area contributed by atoms with E-state index in [4.69, 9.17) is 4.74 Å². The zero-order valence-corrected chi connectivity index (χ0v) is 14.7. The van der Waals surface area contributed by atoms with Crippen LogP contribution < -0.4 is 5.32 Å². The molecule has 6 nitrogen and oxygen atoms in total. The van der Waals surface area contributed by atoms with Crippen molar-refractivity contribution in [3.63, 3.8) is 0 Å². The number of carbonyl (C=O) groups excluding carboxylic acids is 1. The van der Waals surface area contributed by atoms with E-state index in [-0.39, 0.29) is 11.2 Å². The monoisotopic (exact) mass is 384 g/mol. The number of hydrogen-bond donors (Lipinski definition) is 1. The van der Waals surface area contributed by atoms with E-state index in [1.165, 1.54) is 11.8 Å². The Balaban J connectivity index is 1.95. The summed E-state index contributed by atoms with van der Waals surface area (Å²) in [5.41, 5.74) is 0.757. The summed E-state index contributed by atoms with van der Waals surface area (Å²) in [5.74, 6) is -0.0793. The lowest BCUT2D eigenvalue weighted by Crippen LogP contribution is -2.23. The number of rotatable bonds is 7. The summed E-state index contributed by atoms with van der Waals surface area (Å²) in [6, 6.07) is 7.49. The van der Waals surface area contributed by atoms with Crippen LogP contribution in [-0.4, -0.2) is 39.6 Å². The number of carbonyl (C=O) groups is 1. The molecule has 0 bridgehead atoms. The van der Waals surface area contributed by atoms with Gasteiger partial charge < -0.3 is 14.6 Å². The Kier molecular flexibility index (Phi) is 6.41. The minimum Gasteiger partial charge on any atom is -0.383 e. The molecule has 0 saturated carbocycles. The lowest BCUT2D eigenvalue weighted by Gasteiger charge is -2.12. The number of hydrogen-bond acceptors (Lipinski definition) is 5. The molecule has 22 heavy (non-hydrogen) atoms. The van der Waals surface area contributed by atoms with E-state index >= 15 is 0 Å². The zero-order chi connectivity index (χ0) is 15.9. The van der Waals surface area contributed by atoms with E-state index in [9.17, 15) is 4.79 Å². The van der Waals surface area contributed by atoms with Crippen LogP contribution in [-0.2, 0) is 16.1 Å². The van der Waals surface area contributed by atoms with Gasteiger partial charge >= 0.3 is 0 Å². The van der Waals surface area contributed by atoms with E-state index in [2.05, 4.69) is 31.4 Å². The van der Waals surface area contributed by atoms with Crippen LogP contribution in [0.1, 0.15) is 6.92 Å². The van der Waals surface area contributed by atoms with Gasteiger partial charge in [0, 0.05) is 23.8 Å². The first kappa shape index (κ1) is 17.0. The number of nitrogens with zero attached hydrogens (tertiary/aromatic N) is 3. The van der Waals surface area contributed by atoms with Crippen LogP contribution in [0.3, 0.4) is 0 Å². The number of benzene rings is 1. The summed E-state index contributed by atoms with van der Waals surface area (Å²) in [5, 5.41) is 11.2. The third-order valence-electron chi connectivity index (χ3n) is 2.86. The molecule has 1 atom stereocenters. The summed E-state index contributed by atoms with van der Waals surface area (Å²) in [6.07, 6.45) is 1.64. The van der Waals surface area contributed by atoms with E-state index < -0.39 is 0 Å². The predicted molar refractivity (Wildman–Crippen MR) is 90.0 cm³/mol. The second-order valence-corrected chi connectivity index (χ2v) is 6.78. The average Bonchev–Trinajstić information content (AvgIpc) is 2.92. The van der Waals surface area contributed by atoms with Gasteiger partial charge in [0.25, 0.3) is 0 Å². The number of nitrogens with one attached hydrogen (secondary N) is 1. The lowest BCUT2D eigenvalue weighted by atomic mass is 10.3. The molecule has 1 aromatic carbocycles. The first-order valence-electron chi connectivity index (χ1n) is 6.70. The molecule has 1 aromatic heterocycles. The van der Waals surface area contributed by atoms with Gasteiger partial charge in [-0.2, -0.15) is 0 Å². The molecule has 1 N–H and O–H groups in total. The predicted octanol–water partition coefficient (Wildman–Crippen LogP) is 2.81. The first-order valence-corrected chi connectivity index (χ1v) is 8.37. The molecule has 0 saturated heterocycles. The lowest BCUT2D eigenvalue weighted by molar-refractivity contribution is -0.115. The summed E-state index contributed by atoms with van der Waals surface area (Å²) in [6.45, 7) is 3.07. The molecule has 8 heteroatoms. The topological polar surface area (TPSA) is 69.0 Å². The largest absolute Gasteiger partial charge is 0.383 e. The van der Waals surface area contributed by atoms with Gasteiger partial charge in [-0.15, -0.1) is 10.2 Å². The van der Waals surface area contributed by atoms with Crippen LogP contribution in [0.5, 0.6) is 0 Å². The summed E-state index contributed by atoms with van der Waals surface area (Å²) >= 11 is 4.75. The summed E-state index contributed by atoms with van der Waals surface area (Å²) in [7, 11) is 1.64. The van der Waals surface area contributed by atoms with Gasteiger partial charge in [-0.25, -0.2) is 0 Å². The average molecular weight is 385 g/mol. The molecular formula is C14H17BrN4O2S. The molecule has 0 fully saturated rings. The molecule has 1 heterocycles. The summed E-state index contributed by atoms with van der Waals surface area (Å²) in [4.78, 5) is 12.2. The molecule has 2 rings (SSSR count). The van der Waals surface area contributed by atoms with Crippen molar-refractivity contribution in [2.75, 3.05) is 19.0 Å². The van der Waals surface area contributed by atoms with Crippen molar-refractivity contribution in [3.05, 3.63) is 35.1 Å². The van der Waals surface area contributed by atoms with Crippen molar-refractivity contribution in [2.45, 2.75) is 23.9 Å². The normalized spacial score (nSPS) is 12.1. The number of halogens is 1. The Hall–Kier alpha value is -1.38. The number of methoxy groups -OCH3 is 1. The van der Waals surface area contributed by atoms with Crippen molar-refractivity contribution in [1.82, 2.24) is 14.8 Å². The molecule has 1 amide bonds. The van der Waals surface area contributed by atoms with Crippen molar-refractivity contribution in [2.24, 2.45) is 0 Å². The second kappa shape index (κ2) is 8.30. The van der Waals surface area contributed by atoms with E-state index in [0.29, 0.717) is 18.3 Å². The molecule has 0 spiro atoms. The first-order chi connectivity index (χ1) is 10.6. The van der Waals surface area contributed by atoms with Gasteiger partial charge in [0.2, 0.25) is 5.91 Å². The minimum atomic E-state index is -0.288. The van der Waals surface area contributed by atoms with Crippen LogP contribution in [0.15, 0.2) is 40.2 Å². The Labute approximate surface area is 141 Å². The maximum atomic E-state index is 12.2. The molecular weight excluding hydrogens is 368 g/mol. The van der Waals surface area contributed by atoms with Gasteiger partial charge in [0.1, 0.15) is 6.33 Å². The van der Waals surface area contributed by atoms with Crippen LogP contribution in [0.2, 0.25) is 0 Å². The summed E-state index contributed by atoms with van der Waals surface area (Å²) < 4.78 is 7.84. The number of anilines is 1. The number of ether oxygens (including phenoxy) is 1. The Morgan fingerprint density at radius 3 is 3.09 bits per heavy atom. The Bertz CT molecular complexity index is 635. The molecule has 0 aliphatic heterocycles. The molecule has 0 aliphatic carbocycles. The van der Waals surface area contributed by atoms with Crippen LogP contribution >= 0.6 is 27.7 Å². The Morgan fingerprint density at radius 2 is 2.36 bits per heavy atom. The van der Waals surface area contributed by atoms with Gasteiger partial charge in [-0.3, -0.25) is 4.79 Å². The highest BCUT2D eigenvalue weighted by Crippen LogP contribution is 2.23. The molecule has 118 valence electrons. The molecule has 0 aliphatic rings. The highest BCUT2D eigenvalue weighted by molar-refractivity contribution is 9.10. The third kappa shape index (κ3) is 4.82. The van der Waals surface area contributed by atoms with Gasteiger partial charge in [0.15, 0.2) is 5.16 Å². The van der Waals surface area contributed by atoms with Gasteiger partial charge in [-0.1, -0.05) is 33.8 Å². The maximum absolute atomic E-state index is 12.2. The quantitative estimate of drug-likeness (QED) is 0.743. The van der Waals surface area contributed by atoms with E-state index in [1.54, 1.807) is 13.4 Å². The Morgan fingerprint density at radius 1 is 1.55 bits per heavy atom. The number of thioether (sulfide) groups is 1. The van der Waals surface area contributed by atoms with Gasteiger partial charge in [0.05, 0.1) is 11.9 Å². The van der Waals surface area contributed by atoms with E-state index in [0.717, 1.165) is 10.2 Å². The molecule has 0 radical (unpaired) electrons. The standard InChI is InChI=1S/C14H17BrN4O2S/c1-10(13(20)17-12-5-3-4-11(15)8-12)22-14-18-16-9-19(14)6-7-21-2/h3-5,8-10H,6-7H2,1-2H3,(H,17,20). The zero-order valence-electron chi connectivity index (χ0n) is 12.3. The van der Waals surface area contributed by atoms with Crippen LogP contribution in [0.25, 0.3) is 0 Å². The van der Waals surface area contributed by atoms with Crippen molar-refractivity contribution in [1.29, 1.82) is 0 Å². The fourth-order valence-corrected chi connectivity index (χ4v) is 2.95.